The molecule has 0 atom stereocenters. The molecule has 0 unspecified atom stereocenters. The van der Waals surface area contributed by atoms with Crippen LogP contribution in [0, 0.1) is 0 Å². The average Bonchev–Trinajstić information content (AvgIpc) is 3.88. The minimum absolute atomic E-state index is 0.0474. The second-order valence-corrected chi connectivity index (χ2v) is 12.1. The topological polar surface area (TPSA) is 125 Å². The minimum atomic E-state index is 0.0474. The van der Waals surface area contributed by atoms with E-state index in [0.717, 1.165) is 38.5 Å². The lowest BCUT2D eigenvalue weighted by atomic mass is 10.1. The number of phenols is 2. The first kappa shape index (κ1) is 35.3. The molecule has 3 fully saturated rings. The van der Waals surface area contributed by atoms with Crippen molar-refractivity contribution in [3.8, 4) is 23.0 Å². The second-order valence-electron chi connectivity index (χ2n) is 12.1. The van der Waals surface area contributed by atoms with Gasteiger partial charge in [0.2, 0.25) is 0 Å². The van der Waals surface area contributed by atoms with E-state index in [0.29, 0.717) is 34.2 Å². The molecule has 47 heavy (non-hydrogen) atoms. The van der Waals surface area contributed by atoms with Gasteiger partial charge in [0.1, 0.15) is 34.5 Å². The molecule has 0 amide bonds. The van der Waals surface area contributed by atoms with E-state index in [9.17, 15) is 15.3 Å². The molecule has 0 aliphatic heterocycles. The van der Waals surface area contributed by atoms with Crippen molar-refractivity contribution in [3.63, 3.8) is 0 Å². The molecule has 0 spiro atoms. The molecule has 9 nitrogen and oxygen atoms in total. The number of phenolic OH excluding ortho intramolecular Hbond substituents is 2. The molecule has 9 heteroatoms. The van der Waals surface area contributed by atoms with Crippen LogP contribution in [0.2, 0.25) is 0 Å². The minimum Gasteiger partial charge on any atom is -0.508 e. The number of ether oxygens (including phenoxy) is 3. The maximum Gasteiger partial charge on any atom is 0.158 e. The first-order chi connectivity index (χ1) is 22.9. The van der Waals surface area contributed by atoms with Crippen molar-refractivity contribution in [1.82, 2.24) is 0 Å². The number of rotatable bonds is 12. The van der Waals surface area contributed by atoms with Gasteiger partial charge < -0.3 is 29.5 Å². The van der Waals surface area contributed by atoms with Crippen LogP contribution in [0.4, 0.5) is 0 Å². The Morgan fingerprint density at radius 3 is 1.87 bits per heavy atom. The first-order valence-electron chi connectivity index (χ1n) is 16.7. The van der Waals surface area contributed by atoms with Gasteiger partial charge in [-0.3, -0.25) is 9.98 Å². The molecule has 5 rings (SSSR count). The molecule has 0 radical (unpaired) electrons. The number of aromatic hydroxyl groups is 2. The van der Waals surface area contributed by atoms with E-state index in [1.165, 1.54) is 38.5 Å². The van der Waals surface area contributed by atoms with Crippen LogP contribution in [0.1, 0.15) is 95.1 Å². The summed E-state index contributed by atoms with van der Waals surface area (Å²) >= 11 is 0. The maximum absolute atomic E-state index is 10.5. The lowest BCUT2D eigenvalue weighted by Crippen LogP contribution is -2.11. The summed E-state index contributed by atoms with van der Waals surface area (Å²) in [6.45, 7) is 8.94. The fraction of sp³-hybridized carbons (Fsp3) is 0.447. The van der Waals surface area contributed by atoms with Crippen LogP contribution in [0.5, 0.6) is 23.0 Å². The third-order valence-electron chi connectivity index (χ3n) is 8.56. The van der Waals surface area contributed by atoms with Crippen LogP contribution in [0.25, 0.3) is 0 Å². The predicted octanol–water partition coefficient (Wildman–Crippen LogP) is 8.89. The van der Waals surface area contributed by atoms with Gasteiger partial charge in [0.25, 0.3) is 0 Å². The number of aliphatic hydroxyl groups is 1. The molecule has 252 valence electrons. The zero-order valence-corrected chi connectivity index (χ0v) is 27.5. The summed E-state index contributed by atoms with van der Waals surface area (Å²) in [7, 11) is 0. The molecule has 2 aromatic rings. The Kier molecular flexibility index (Phi) is 14.0. The quantitative estimate of drug-likeness (QED) is 0.0918. The molecule has 0 bridgehead atoms. The van der Waals surface area contributed by atoms with Crippen molar-refractivity contribution in [2.45, 2.75) is 109 Å². The molecule has 0 aromatic heterocycles. The van der Waals surface area contributed by atoms with Crippen molar-refractivity contribution < 1.29 is 29.5 Å². The SMILES string of the molecule is C=NC(=NCc1ccc(OC2CCCC2)cc1O)c1ccc(OC2CCCC2)cc1O.C=N\C=C/C(=C\C(O)=C\C)OC1CCCC1. The smallest absolute Gasteiger partial charge is 0.158 e. The van der Waals surface area contributed by atoms with E-state index >= 15 is 0 Å². The highest BCUT2D eigenvalue weighted by atomic mass is 16.5. The average molecular weight is 644 g/mol. The normalized spacial score (nSPS) is 18.3. The number of amidine groups is 1. The number of hydrogen-bond donors (Lipinski definition) is 3. The second kappa shape index (κ2) is 18.6. The van der Waals surface area contributed by atoms with E-state index in [-0.39, 0.29) is 42.1 Å². The molecule has 0 heterocycles. The van der Waals surface area contributed by atoms with Gasteiger partial charge in [-0.1, -0.05) is 0 Å². The van der Waals surface area contributed by atoms with Crippen LogP contribution in [0.15, 0.2) is 87.3 Å². The first-order valence-corrected chi connectivity index (χ1v) is 16.7. The van der Waals surface area contributed by atoms with Crippen molar-refractivity contribution in [1.29, 1.82) is 0 Å². The summed E-state index contributed by atoms with van der Waals surface area (Å²) in [5.41, 5.74) is 1.13. The van der Waals surface area contributed by atoms with Crippen LogP contribution in [-0.2, 0) is 11.3 Å². The molecular formula is C38H49N3O6. The van der Waals surface area contributed by atoms with Crippen molar-refractivity contribution in [2.75, 3.05) is 0 Å². The third kappa shape index (κ3) is 11.3. The van der Waals surface area contributed by atoms with Gasteiger partial charge in [0.15, 0.2) is 5.84 Å². The highest BCUT2D eigenvalue weighted by molar-refractivity contribution is 6.03. The zero-order valence-electron chi connectivity index (χ0n) is 27.5. The molecule has 2 aromatic carbocycles. The summed E-state index contributed by atoms with van der Waals surface area (Å²) in [6.07, 6.45) is 20.8. The van der Waals surface area contributed by atoms with E-state index in [2.05, 4.69) is 28.4 Å². The van der Waals surface area contributed by atoms with Crippen LogP contribution in [-0.4, -0.2) is 52.9 Å². The summed E-state index contributed by atoms with van der Waals surface area (Å²) in [4.78, 5) is 12.1. The van der Waals surface area contributed by atoms with Crippen LogP contribution in [0.3, 0.4) is 0 Å². The van der Waals surface area contributed by atoms with Crippen LogP contribution >= 0.6 is 0 Å². The van der Waals surface area contributed by atoms with Crippen molar-refractivity contribution in [2.24, 2.45) is 15.0 Å². The lowest BCUT2D eigenvalue weighted by molar-refractivity contribution is 0.130. The van der Waals surface area contributed by atoms with Gasteiger partial charge in [-0.2, -0.15) is 0 Å². The molecule has 3 aliphatic carbocycles. The Bertz CT molecular complexity index is 1450. The number of aliphatic hydroxyl groups excluding tert-OH is 1. The monoisotopic (exact) mass is 643 g/mol. The Morgan fingerprint density at radius 1 is 0.809 bits per heavy atom. The van der Waals surface area contributed by atoms with E-state index < -0.39 is 0 Å². The number of aliphatic imine (C=N–C) groups is 3. The fourth-order valence-corrected chi connectivity index (χ4v) is 5.98. The lowest BCUT2D eigenvalue weighted by Gasteiger charge is -2.14. The number of benzene rings is 2. The molecular weight excluding hydrogens is 594 g/mol. The number of hydrogen-bond acceptors (Lipinski definition) is 8. The summed E-state index contributed by atoms with van der Waals surface area (Å²) < 4.78 is 17.6. The third-order valence-corrected chi connectivity index (χ3v) is 8.56. The predicted molar refractivity (Wildman–Crippen MR) is 188 cm³/mol. The van der Waals surface area contributed by atoms with Gasteiger partial charge in [0, 0.05) is 30.0 Å². The Hall–Kier alpha value is -4.53. The molecule has 3 saturated carbocycles. The van der Waals surface area contributed by atoms with Crippen LogP contribution < -0.4 is 9.47 Å². The number of nitrogens with zero attached hydrogens (tertiary/aromatic N) is 3. The summed E-state index contributed by atoms with van der Waals surface area (Å²) in [5.74, 6) is 2.65. The van der Waals surface area contributed by atoms with Crippen molar-refractivity contribution >= 4 is 19.3 Å². The van der Waals surface area contributed by atoms with Gasteiger partial charge in [0.05, 0.1) is 30.4 Å². The maximum atomic E-state index is 10.5. The largest absolute Gasteiger partial charge is 0.508 e. The van der Waals surface area contributed by atoms with Gasteiger partial charge >= 0.3 is 0 Å². The van der Waals surface area contributed by atoms with E-state index in [1.54, 1.807) is 49.6 Å². The van der Waals surface area contributed by atoms with Gasteiger partial charge in [-0.25, -0.2) is 4.99 Å². The van der Waals surface area contributed by atoms with Gasteiger partial charge in [-0.15, -0.1) is 0 Å². The van der Waals surface area contributed by atoms with Crippen molar-refractivity contribution in [3.05, 3.63) is 83.5 Å². The highest BCUT2D eigenvalue weighted by Gasteiger charge is 2.19. The Balaban J connectivity index is 0.000000264. The fourth-order valence-electron chi connectivity index (χ4n) is 5.98. The summed E-state index contributed by atoms with van der Waals surface area (Å²) in [5, 5.41) is 30.3. The van der Waals surface area contributed by atoms with E-state index in [4.69, 9.17) is 14.2 Å². The standard InChI is InChI=1S/C25H30N2O4.C13H19NO2/c1-26-25(22-13-12-21(15-24(22)29)31-19-8-4-5-9-19)27-16-17-10-11-20(14-23(17)28)30-18-6-2-3-7-18;1-3-11(15)10-13(8-9-14-2)16-12-6-4-5-7-12/h10-15,18-19,28-29H,1-9,16H2;3,8-10,12,15H,2,4-7H2,1H3/b;9-8-,11-3-,13-10+. The van der Waals surface area contributed by atoms with E-state index in [1.807, 2.05) is 18.2 Å². The molecule has 3 aliphatic rings. The number of allylic oxidation sites excluding steroid dienone is 3. The Labute approximate surface area is 278 Å². The molecule has 0 saturated heterocycles. The van der Waals surface area contributed by atoms with Gasteiger partial charge in [-0.05, 0) is 134 Å². The molecule has 3 N–H and O–H groups in total. The highest BCUT2D eigenvalue weighted by Crippen LogP contribution is 2.31. The zero-order chi connectivity index (χ0) is 33.4. The Morgan fingerprint density at radius 2 is 1.36 bits per heavy atom. The summed E-state index contributed by atoms with van der Waals surface area (Å²) in [6, 6.07) is 10.5.